The highest BCUT2D eigenvalue weighted by atomic mass is 35.5. The first-order valence-corrected chi connectivity index (χ1v) is 8.98. The predicted molar refractivity (Wildman–Crippen MR) is 104 cm³/mol. The van der Waals surface area contributed by atoms with E-state index < -0.39 is 0 Å². The Morgan fingerprint density at radius 3 is 2.81 bits per heavy atom. The fourth-order valence-corrected chi connectivity index (χ4v) is 3.33. The van der Waals surface area contributed by atoms with E-state index in [-0.39, 0.29) is 0 Å². The molecule has 1 aliphatic rings. The van der Waals surface area contributed by atoms with Crippen LogP contribution in [0.25, 0.3) is 11.3 Å². The second-order valence-electron chi connectivity index (χ2n) is 6.38. The third kappa shape index (κ3) is 3.04. The fourth-order valence-electron chi connectivity index (χ4n) is 3.18. The Kier molecular flexibility index (Phi) is 3.83. The van der Waals surface area contributed by atoms with Crippen molar-refractivity contribution in [2.75, 3.05) is 5.32 Å². The van der Waals surface area contributed by atoms with E-state index in [2.05, 4.69) is 33.7 Å². The molecule has 0 radical (unpaired) electrons. The summed E-state index contributed by atoms with van der Waals surface area (Å²) in [6.45, 7) is 1.15. The molecule has 0 bridgehead atoms. The summed E-state index contributed by atoms with van der Waals surface area (Å²) in [5.41, 5.74) is 5.82. The molecule has 0 aliphatic carbocycles. The zero-order valence-corrected chi connectivity index (χ0v) is 15.1. The summed E-state index contributed by atoms with van der Waals surface area (Å²) in [5, 5.41) is 15.1. The number of halogens is 1. The first-order valence-electron chi connectivity index (χ1n) is 8.60. The number of benzene rings is 2. The van der Waals surface area contributed by atoms with Crippen molar-refractivity contribution in [2.45, 2.75) is 13.2 Å². The molecule has 0 fully saturated rings. The van der Waals surface area contributed by atoms with Gasteiger partial charge in [0.25, 0.3) is 0 Å². The molecule has 7 heteroatoms. The molecule has 3 heterocycles. The van der Waals surface area contributed by atoms with Gasteiger partial charge < -0.3 is 10.1 Å². The average molecular weight is 378 g/mol. The van der Waals surface area contributed by atoms with Crippen molar-refractivity contribution in [3.05, 3.63) is 77.2 Å². The summed E-state index contributed by atoms with van der Waals surface area (Å²) in [5.74, 6) is 0.839. The van der Waals surface area contributed by atoms with Crippen molar-refractivity contribution in [1.29, 1.82) is 0 Å². The maximum absolute atomic E-state index is 6.06. The van der Waals surface area contributed by atoms with Crippen molar-refractivity contribution in [3.8, 4) is 17.0 Å². The van der Waals surface area contributed by atoms with Crippen LogP contribution >= 0.6 is 11.6 Å². The fraction of sp³-hybridized carbons (Fsp3) is 0.100. The molecule has 5 rings (SSSR count). The van der Waals surface area contributed by atoms with Crippen molar-refractivity contribution < 1.29 is 4.74 Å². The Hall–Kier alpha value is -3.25. The second kappa shape index (κ2) is 6.48. The van der Waals surface area contributed by atoms with Gasteiger partial charge in [-0.25, -0.2) is 0 Å². The average Bonchev–Trinajstić information content (AvgIpc) is 3.24. The van der Waals surface area contributed by atoms with Gasteiger partial charge >= 0.3 is 0 Å². The SMILES string of the molecule is Clc1[nH]ncc1Nc1ccc2c(c1)OCc1cc(-c3ccccc3)nn1C2. The van der Waals surface area contributed by atoms with Crippen molar-refractivity contribution in [1.82, 2.24) is 20.0 Å². The van der Waals surface area contributed by atoms with Gasteiger partial charge in [0.15, 0.2) is 0 Å². The van der Waals surface area contributed by atoms with Crippen molar-refractivity contribution >= 4 is 23.0 Å². The third-order valence-electron chi connectivity index (χ3n) is 4.57. The van der Waals surface area contributed by atoms with Gasteiger partial charge in [-0.1, -0.05) is 48.0 Å². The highest BCUT2D eigenvalue weighted by Crippen LogP contribution is 2.31. The number of hydrogen-bond acceptors (Lipinski definition) is 4. The Morgan fingerprint density at radius 1 is 1.11 bits per heavy atom. The number of fused-ring (bicyclic) bond motifs is 2. The van der Waals surface area contributed by atoms with Gasteiger partial charge in [0.05, 0.1) is 29.8 Å². The molecule has 27 heavy (non-hydrogen) atoms. The van der Waals surface area contributed by atoms with E-state index in [0.29, 0.717) is 18.3 Å². The van der Waals surface area contributed by atoms with E-state index in [1.807, 2.05) is 41.1 Å². The second-order valence-corrected chi connectivity index (χ2v) is 6.76. The Morgan fingerprint density at radius 2 is 2.00 bits per heavy atom. The lowest BCUT2D eigenvalue weighted by Crippen LogP contribution is -2.03. The topological polar surface area (TPSA) is 67.8 Å². The predicted octanol–water partition coefficient (Wildman–Crippen LogP) is 4.61. The molecule has 0 atom stereocenters. The lowest BCUT2D eigenvalue weighted by Gasteiger charge is -2.10. The zero-order valence-electron chi connectivity index (χ0n) is 14.3. The summed E-state index contributed by atoms with van der Waals surface area (Å²) in [6.07, 6.45) is 1.65. The normalized spacial score (nSPS) is 12.6. The summed E-state index contributed by atoms with van der Waals surface area (Å²) in [6, 6.07) is 18.3. The first-order chi connectivity index (χ1) is 13.3. The molecule has 0 amide bonds. The lowest BCUT2D eigenvalue weighted by atomic mass is 10.1. The van der Waals surface area contributed by atoms with E-state index in [1.54, 1.807) is 6.20 Å². The molecule has 1 aliphatic heterocycles. The number of anilines is 2. The van der Waals surface area contributed by atoms with Crippen LogP contribution in [0.2, 0.25) is 5.15 Å². The van der Waals surface area contributed by atoms with Crippen LogP contribution in [-0.4, -0.2) is 20.0 Å². The quantitative estimate of drug-likeness (QED) is 0.547. The first kappa shape index (κ1) is 16.0. The molecule has 0 spiro atoms. The van der Waals surface area contributed by atoms with E-state index >= 15 is 0 Å². The van der Waals surface area contributed by atoms with E-state index in [0.717, 1.165) is 39.6 Å². The molecular weight excluding hydrogens is 362 g/mol. The van der Waals surface area contributed by atoms with Crippen LogP contribution in [0.1, 0.15) is 11.3 Å². The Labute approximate surface area is 160 Å². The minimum atomic E-state index is 0.472. The number of nitrogens with one attached hydrogen (secondary N) is 2. The van der Waals surface area contributed by atoms with Crippen molar-refractivity contribution in [3.63, 3.8) is 0 Å². The number of rotatable bonds is 3. The molecule has 2 aromatic carbocycles. The molecule has 2 N–H and O–H groups in total. The standard InChI is InChI=1S/C20H16ClN5O/c21-20-18(10-22-24-20)23-15-7-6-14-11-26-16(12-27-19(14)8-15)9-17(25-26)13-4-2-1-3-5-13/h1-10,23H,11-12H2,(H,22,24). The number of aromatic amines is 1. The highest BCUT2D eigenvalue weighted by molar-refractivity contribution is 6.32. The molecule has 0 saturated heterocycles. The van der Waals surface area contributed by atoms with E-state index in [4.69, 9.17) is 21.4 Å². The number of H-pyrrole nitrogens is 1. The van der Waals surface area contributed by atoms with Crippen LogP contribution in [0.15, 0.2) is 60.8 Å². The molecule has 0 unspecified atom stereocenters. The summed E-state index contributed by atoms with van der Waals surface area (Å²) >= 11 is 6.05. The molecule has 4 aromatic rings. The molecule has 6 nitrogen and oxygen atoms in total. The largest absolute Gasteiger partial charge is 0.487 e. The molecule has 134 valence electrons. The van der Waals surface area contributed by atoms with Gasteiger partial charge in [-0.15, -0.1) is 0 Å². The minimum Gasteiger partial charge on any atom is -0.487 e. The molecule has 2 aromatic heterocycles. The monoisotopic (exact) mass is 377 g/mol. The Balaban J connectivity index is 1.42. The van der Waals surface area contributed by atoms with Crippen LogP contribution in [-0.2, 0) is 13.2 Å². The summed E-state index contributed by atoms with van der Waals surface area (Å²) in [7, 11) is 0. The Bertz CT molecular complexity index is 1100. The number of hydrogen-bond donors (Lipinski definition) is 2. The van der Waals surface area contributed by atoms with E-state index in [9.17, 15) is 0 Å². The molecule has 0 saturated carbocycles. The maximum atomic E-state index is 6.06. The van der Waals surface area contributed by atoms with Crippen molar-refractivity contribution in [2.24, 2.45) is 0 Å². The van der Waals surface area contributed by atoms with Crippen LogP contribution in [0, 0.1) is 0 Å². The van der Waals surface area contributed by atoms with Gasteiger partial charge in [-0.05, 0) is 12.1 Å². The molecular formula is C20H16ClN5O. The van der Waals surface area contributed by atoms with Gasteiger partial charge in [0.1, 0.15) is 17.5 Å². The lowest BCUT2D eigenvalue weighted by molar-refractivity contribution is 0.302. The number of nitrogens with zero attached hydrogens (tertiary/aromatic N) is 3. The van der Waals surface area contributed by atoms with Crippen LogP contribution < -0.4 is 10.1 Å². The van der Waals surface area contributed by atoms with E-state index in [1.165, 1.54) is 0 Å². The van der Waals surface area contributed by atoms with Gasteiger partial charge in [0, 0.05) is 22.9 Å². The van der Waals surface area contributed by atoms with Crippen LogP contribution in [0.5, 0.6) is 5.75 Å². The maximum Gasteiger partial charge on any atom is 0.147 e. The smallest absolute Gasteiger partial charge is 0.147 e. The van der Waals surface area contributed by atoms with Gasteiger partial charge in [-0.2, -0.15) is 10.2 Å². The summed E-state index contributed by atoms with van der Waals surface area (Å²) < 4.78 is 8.07. The van der Waals surface area contributed by atoms with Crippen LogP contribution in [0.4, 0.5) is 11.4 Å². The number of ether oxygens (including phenoxy) is 1. The zero-order chi connectivity index (χ0) is 18.2. The number of aromatic nitrogens is 4. The van der Waals surface area contributed by atoms with Gasteiger partial charge in [0.2, 0.25) is 0 Å². The highest BCUT2D eigenvalue weighted by Gasteiger charge is 2.17. The minimum absolute atomic E-state index is 0.472. The third-order valence-corrected chi connectivity index (χ3v) is 4.86. The summed E-state index contributed by atoms with van der Waals surface area (Å²) in [4.78, 5) is 0. The van der Waals surface area contributed by atoms with Gasteiger partial charge in [-0.3, -0.25) is 9.78 Å². The van der Waals surface area contributed by atoms with Crippen LogP contribution in [0.3, 0.4) is 0 Å².